The minimum atomic E-state index is 0.789. The third-order valence-electron chi connectivity index (χ3n) is 2.35. The van der Waals surface area contributed by atoms with Gasteiger partial charge in [0.25, 0.3) is 0 Å². The number of hydrogen-bond acceptors (Lipinski definition) is 4. The van der Waals surface area contributed by atoms with Crippen LogP contribution in [0.4, 0.5) is 0 Å². The average Bonchev–Trinajstić information content (AvgIpc) is 2.78. The summed E-state index contributed by atoms with van der Waals surface area (Å²) in [5.41, 5.74) is 2.34. The molecule has 0 fully saturated rings. The lowest BCUT2D eigenvalue weighted by Gasteiger charge is -2.01. The van der Waals surface area contributed by atoms with Crippen LogP contribution in [0.1, 0.15) is 17.5 Å². The van der Waals surface area contributed by atoms with Gasteiger partial charge in [-0.25, -0.2) is 0 Å². The summed E-state index contributed by atoms with van der Waals surface area (Å²) in [5, 5.41) is 13.7. The first-order valence-corrected chi connectivity index (χ1v) is 7.11. The number of rotatable bonds is 4. The number of aryl methyl sites for hydroxylation is 1. The van der Waals surface area contributed by atoms with Crippen LogP contribution in [-0.4, -0.2) is 16.7 Å². The first kappa shape index (κ1) is 12.7. The molecule has 1 aromatic carbocycles. The molecule has 0 aliphatic heterocycles. The van der Waals surface area contributed by atoms with E-state index in [1.54, 1.807) is 11.3 Å². The van der Waals surface area contributed by atoms with Gasteiger partial charge in [-0.3, -0.25) is 0 Å². The summed E-state index contributed by atoms with van der Waals surface area (Å²) in [6, 6.07) is 6.26. The Morgan fingerprint density at radius 2 is 2.18 bits per heavy atom. The third kappa shape index (κ3) is 3.12. The summed E-state index contributed by atoms with van der Waals surface area (Å²) in [4.78, 5) is 0. The van der Waals surface area contributed by atoms with E-state index >= 15 is 0 Å². The second-order valence-corrected chi connectivity index (χ2v) is 5.68. The van der Waals surface area contributed by atoms with Crippen LogP contribution in [-0.2, 0) is 6.54 Å². The highest BCUT2D eigenvalue weighted by Crippen LogP contribution is 2.31. The van der Waals surface area contributed by atoms with E-state index in [1.807, 2.05) is 0 Å². The molecule has 0 radical (unpaired) electrons. The molecule has 0 amide bonds. The van der Waals surface area contributed by atoms with Gasteiger partial charge < -0.3 is 5.32 Å². The standard InChI is InChI=1S/C12H14BrN3S/c1-3-14-7-11-15-16-12(17-11)9-6-8(2)4-5-10(9)13/h4-6,14H,3,7H2,1-2H3. The zero-order chi connectivity index (χ0) is 12.3. The lowest BCUT2D eigenvalue weighted by Crippen LogP contribution is -2.11. The molecule has 2 rings (SSSR count). The van der Waals surface area contributed by atoms with E-state index in [9.17, 15) is 0 Å². The van der Waals surface area contributed by atoms with E-state index in [0.29, 0.717) is 0 Å². The zero-order valence-corrected chi connectivity index (χ0v) is 12.2. The van der Waals surface area contributed by atoms with Gasteiger partial charge in [0.05, 0.1) is 0 Å². The Balaban J connectivity index is 2.27. The molecule has 5 heteroatoms. The van der Waals surface area contributed by atoms with Crippen LogP contribution in [0.3, 0.4) is 0 Å². The fraction of sp³-hybridized carbons (Fsp3) is 0.333. The number of hydrogen-bond donors (Lipinski definition) is 1. The first-order valence-electron chi connectivity index (χ1n) is 5.50. The second-order valence-electron chi connectivity index (χ2n) is 3.76. The Hall–Kier alpha value is -0.780. The van der Waals surface area contributed by atoms with Crippen LogP contribution in [0.2, 0.25) is 0 Å². The fourth-order valence-electron chi connectivity index (χ4n) is 1.47. The quantitative estimate of drug-likeness (QED) is 0.940. The van der Waals surface area contributed by atoms with Gasteiger partial charge in [-0.2, -0.15) is 0 Å². The summed E-state index contributed by atoms with van der Waals surface area (Å²) < 4.78 is 1.06. The fourth-order valence-corrected chi connectivity index (χ4v) is 2.87. The normalized spacial score (nSPS) is 10.8. The SMILES string of the molecule is CCNCc1nnc(-c2cc(C)ccc2Br)s1. The summed E-state index contributed by atoms with van der Waals surface area (Å²) >= 11 is 5.19. The van der Waals surface area contributed by atoms with Crippen LogP contribution < -0.4 is 5.32 Å². The second kappa shape index (κ2) is 5.71. The molecule has 0 bridgehead atoms. The van der Waals surface area contributed by atoms with Gasteiger partial charge in [-0.05, 0) is 25.6 Å². The van der Waals surface area contributed by atoms with Crippen molar-refractivity contribution in [2.75, 3.05) is 6.54 Å². The lowest BCUT2D eigenvalue weighted by atomic mass is 10.1. The zero-order valence-electron chi connectivity index (χ0n) is 9.83. The van der Waals surface area contributed by atoms with Crippen LogP contribution in [0.15, 0.2) is 22.7 Å². The summed E-state index contributed by atoms with van der Waals surface area (Å²) in [6.45, 7) is 5.90. The van der Waals surface area contributed by atoms with Crippen LogP contribution >= 0.6 is 27.3 Å². The molecule has 0 saturated carbocycles. The van der Waals surface area contributed by atoms with Crippen molar-refractivity contribution in [1.29, 1.82) is 0 Å². The maximum atomic E-state index is 4.24. The molecule has 0 aliphatic rings. The topological polar surface area (TPSA) is 37.8 Å². The Morgan fingerprint density at radius 3 is 2.94 bits per heavy atom. The molecule has 1 heterocycles. The average molecular weight is 312 g/mol. The van der Waals surface area contributed by atoms with Crippen molar-refractivity contribution in [1.82, 2.24) is 15.5 Å². The smallest absolute Gasteiger partial charge is 0.148 e. The molecule has 1 aromatic heterocycles. The van der Waals surface area contributed by atoms with E-state index < -0.39 is 0 Å². The molecule has 90 valence electrons. The van der Waals surface area contributed by atoms with Gasteiger partial charge in [0.1, 0.15) is 10.0 Å². The minimum absolute atomic E-state index is 0.789. The van der Waals surface area contributed by atoms with Crippen molar-refractivity contribution in [2.24, 2.45) is 0 Å². The molecule has 0 saturated heterocycles. The number of halogens is 1. The Labute approximate surface area is 113 Å². The summed E-state index contributed by atoms with van der Waals surface area (Å²) in [6.07, 6.45) is 0. The van der Waals surface area contributed by atoms with E-state index in [1.165, 1.54) is 5.56 Å². The molecule has 0 atom stereocenters. The van der Waals surface area contributed by atoms with E-state index in [4.69, 9.17) is 0 Å². The van der Waals surface area contributed by atoms with Gasteiger partial charge in [-0.1, -0.05) is 45.8 Å². The van der Waals surface area contributed by atoms with Crippen molar-refractivity contribution < 1.29 is 0 Å². The van der Waals surface area contributed by atoms with Crippen molar-refractivity contribution in [3.8, 4) is 10.6 Å². The van der Waals surface area contributed by atoms with Crippen LogP contribution in [0.5, 0.6) is 0 Å². The Bertz CT molecular complexity index is 510. The van der Waals surface area contributed by atoms with Crippen molar-refractivity contribution in [3.05, 3.63) is 33.2 Å². The number of nitrogens with zero attached hydrogens (tertiary/aromatic N) is 2. The van der Waals surface area contributed by atoms with E-state index in [2.05, 4.69) is 63.5 Å². The van der Waals surface area contributed by atoms with Gasteiger partial charge in [-0.15, -0.1) is 10.2 Å². The van der Waals surface area contributed by atoms with Gasteiger partial charge in [0.15, 0.2) is 0 Å². The maximum Gasteiger partial charge on any atom is 0.148 e. The molecule has 3 nitrogen and oxygen atoms in total. The molecule has 0 spiro atoms. The summed E-state index contributed by atoms with van der Waals surface area (Å²) in [7, 11) is 0. The van der Waals surface area contributed by atoms with E-state index in [0.717, 1.165) is 33.1 Å². The molecule has 1 N–H and O–H groups in total. The minimum Gasteiger partial charge on any atom is -0.311 e. The predicted octanol–water partition coefficient (Wildman–Crippen LogP) is 3.39. The van der Waals surface area contributed by atoms with Crippen molar-refractivity contribution in [2.45, 2.75) is 20.4 Å². The van der Waals surface area contributed by atoms with Gasteiger partial charge >= 0.3 is 0 Å². The Morgan fingerprint density at radius 1 is 1.35 bits per heavy atom. The third-order valence-corrected chi connectivity index (χ3v) is 3.99. The molecule has 0 aliphatic carbocycles. The monoisotopic (exact) mass is 311 g/mol. The maximum absolute atomic E-state index is 4.24. The van der Waals surface area contributed by atoms with Crippen molar-refractivity contribution >= 4 is 27.3 Å². The number of benzene rings is 1. The molecule has 0 unspecified atom stereocenters. The van der Waals surface area contributed by atoms with Crippen LogP contribution in [0, 0.1) is 6.92 Å². The van der Waals surface area contributed by atoms with Gasteiger partial charge in [0, 0.05) is 16.6 Å². The lowest BCUT2D eigenvalue weighted by molar-refractivity contribution is 0.715. The predicted molar refractivity (Wildman–Crippen MR) is 75.2 cm³/mol. The van der Waals surface area contributed by atoms with E-state index in [-0.39, 0.29) is 0 Å². The molecular weight excluding hydrogens is 298 g/mol. The largest absolute Gasteiger partial charge is 0.311 e. The molecule has 17 heavy (non-hydrogen) atoms. The van der Waals surface area contributed by atoms with Crippen LogP contribution in [0.25, 0.3) is 10.6 Å². The number of nitrogens with one attached hydrogen (secondary N) is 1. The molecule has 2 aromatic rings. The highest BCUT2D eigenvalue weighted by molar-refractivity contribution is 9.10. The summed E-state index contributed by atoms with van der Waals surface area (Å²) in [5.74, 6) is 0. The number of aromatic nitrogens is 2. The first-order chi connectivity index (χ1) is 8.20. The highest BCUT2D eigenvalue weighted by atomic mass is 79.9. The van der Waals surface area contributed by atoms with Crippen molar-refractivity contribution in [3.63, 3.8) is 0 Å². The molecular formula is C12H14BrN3S. The Kier molecular flexibility index (Phi) is 4.25. The highest BCUT2D eigenvalue weighted by Gasteiger charge is 2.09. The van der Waals surface area contributed by atoms with Gasteiger partial charge in [0.2, 0.25) is 0 Å².